The van der Waals surface area contributed by atoms with Crippen molar-refractivity contribution in [2.75, 3.05) is 46.0 Å². The van der Waals surface area contributed by atoms with Gasteiger partial charge in [-0.25, -0.2) is 0 Å². The van der Waals surface area contributed by atoms with Crippen LogP contribution in [0, 0.1) is 0 Å². The van der Waals surface area contributed by atoms with Crippen LogP contribution in [0.2, 0.25) is 6.04 Å². The first-order valence-corrected chi connectivity index (χ1v) is 14.0. The average molecular weight is 353 g/mol. The summed E-state index contributed by atoms with van der Waals surface area (Å²) in [4.78, 5) is 0. The second kappa shape index (κ2) is 12.9. The topological polar surface area (TPSA) is 27.7 Å². The van der Waals surface area contributed by atoms with Crippen LogP contribution in [0.3, 0.4) is 0 Å². The van der Waals surface area contributed by atoms with Crippen LogP contribution < -0.4 is 0 Å². The predicted octanol–water partition coefficient (Wildman–Crippen LogP) is 5.01. The number of hydrogen-bond donors (Lipinski definition) is 0. The standard InChI is InChI=1S/C17H41O3PSi/c1-7-10-13-21(14-11-8-2,15-12-9-3)16-17-22(18-4,19-5)20-6/h21H,7-17H2,1-6H3. The minimum absolute atomic E-state index is 1.000. The first-order chi connectivity index (χ1) is 10.6. The van der Waals surface area contributed by atoms with Crippen LogP contribution in [0.1, 0.15) is 59.3 Å². The molecule has 0 rings (SSSR count). The van der Waals surface area contributed by atoms with Crippen molar-refractivity contribution in [2.24, 2.45) is 0 Å². The Bertz CT molecular complexity index is 230. The second-order valence-electron chi connectivity index (χ2n) is 6.61. The van der Waals surface area contributed by atoms with E-state index in [-0.39, 0.29) is 0 Å². The van der Waals surface area contributed by atoms with Crippen LogP contribution in [-0.2, 0) is 13.3 Å². The van der Waals surface area contributed by atoms with Gasteiger partial charge in [0.1, 0.15) is 0 Å². The van der Waals surface area contributed by atoms with Gasteiger partial charge < -0.3 is 0 Å². The van der Waals surface area contributed by atoms with Crippen molar-refractivity contribution in [1.29, 1.82) is 0 Å². The third-order valence-corrected chi connectivity index (χ3v) is 13.9. The molecule has 0 amide bonds. The molecule has 0 unspecified atom stereocenters. The monoisotopic (exact) mass is 352 g/mol. The van der Waals surface area contributed by atoms with Gasteiger partial charge in [-0.15, -0.1) is 0 Å². The van der Waals surface area contributed by atoms with Gasteiger partial charge in [-0.05, 0) is 0 Å². The van der Waals surface area contributed by atoms with E-state index in [0.717, 1.165) is 6.04 Å². The Kier molecular flexibility index (Phi) is 13.2. The van der Waals surface area contributed by atoms with Crippen molar-refractivity contribution < 1.29 is 13.3 Å². The van der Waals surface area contributed by atoms with Crippen molar-refractivity contribution in [2.45, 2.75) is 65.3 Å². The fraction of sp³-hybridized carbons (Fsp3) is 1.00. The molecule has 0 aliphatic rings. The predicted molar refractivity (Wildman–Crippen MR) is 104 cm³/mol. The molecule has 3 nitrogen and oxygen atoms in total. The van der Waals surface area contributed by atoms with Gasteiger partial charge in [-0.3, -0.25) is 0 Å². The molecular formula is C17H41O3PSi. The zero-order valence-corrected chi connectivity index (χ0v) is 18.0. The Morgan fingerprint density at radius 3 is 1.27 bits per heavy atom. The van der Waals surface area contributed by atoms with Gasteiger partial charge in [0.05, 0.1) is 0 Å². The average Bonchev–Trinajstić information content (AvgIpc) is 2.57. The molecule has 0 aromatic rings. The van der Waals surface area contributed by atoms with Crippen LogP contribution in [0.4, 0.5) is 0 Å². The minimum atomic E-state index is -2.41. The third kappa shape index (κ3) is 7.87. The van der Waals surface area contributed by atoms with Crippen molar-refractivity contribution in [3.05, 3.63) is 0 Å². The Balaban J connectivity index is 4.97. The summed E-state index contributed by atoms with van der Waals surface area (Å²) in [5.41, 5.74) is 0. The van der Waals surface area contributed by atoms with E-state index in [9.17, 15) is 0 Å². The van der Waals surface area contributed by atoms with Crippen molar-refractivity contribution in [3.63, 3.8) is 0 Å². The molecule has 5 heteroatoms. The molecule has 0 atom stereocenters. The molecule has 0 radical (unpaired) electrons. The van der Waals surface area contributed by atoms with Gasteiger partial charge in [0, 0.05) is 0 Å². The fourth-order valence-corrected chi connectivity index (χ4v) is 12.6. The molecular weight excluding hydrogens is 311 g/mol. The Morgan fingerprint density at radius 2 is 1.00 bits per heavy atom. The Labute approximate surface area is 141 Å². The van der Waals surface area contributed by atoms with E-state index >= 15 is 0 Å². The first kappa shape index (κ1) is 22.5. The van der Waals surface area contributed by atoms with Crippen LogP contribution in [0.15, 0.2) is 0 Å². The summed E-state index contributed by atoms with van der Waals surface area (Å²) in [5.74, 6) is 0. The maximum atomic E-state index is 5.66. The Morgan fingerprint density at radius 1 is 0.636 bits per heavy atom. The summed E-state index contributed by atoms with van der Waals surface area (Å²) in [6.45, 7) is 6.95. The molecule has 0 aliphatic carbocycles. The van der Waals surface area contributed by atoms with Gasteiger partial charge in [0.15, 0.2) is 0 Å². The summed E-state index contributed by atoms with van der Waals surface area (Å²) < 4.78 is 17.0. The fourth-order valence-electron chi connectivity index (χ4n) is 3.38. The third-order valence-electron chi connectivity index (χ3n) is 5.08. The summed E-state index contributed by atoms with van der Waals surface area (Å²) in [6, 6.07) is 1.000. The molecule has 0 aromatic carbocycles. The zero-order valence-electron chi connectivity index (χ0n) is 16.0. The maximum absolute atomic E-state index is 5.66. The van der Waals surface area contributed by atoms with Crippen LogP contribution in [0.5, 0.6) is 0 Å². The van der Waals surface area contributed by atoms with E-state index in [4.69, 9.17) is 13.3 Å². The normalized spacial score (nSPS) is 13.5. The number of rotatable bonds is 15. The van der Waals surface area contributed by atoms with E-state index in [1.165, 1.54) is 63.2 Å². The van der Waals surface area contributed by atoms with Crippen molar-refractivity contribution >= 4 is 16.1 Å². The van der Waals surface area contributed by atoms with Gasteiger partial charge in [-0.1, -0.05) is 0 Å². The van der Waals surface area contributed by atoms with Crippen molar-refractivity contribution in [3.8, 4) is 0 Å². The van der Waals surface area contributed by atoms with E-state index in [1.807, 2.05) is 0 Å². The molecule has 0 heterocycles. The molecule has 0 spiro atoms. The summed E-state index contributed by atoms with van der Waals surface area (Å²) in [5, 5.41) is 0. The summed E-state index contributed by atoms with van der Waals surface area (Å²) in [6.07, 6.45) is 13.9. The molecule has 0 aliphatic heterocycles. The van der Waals surface area contributed by atoms with E-state index in [0.29, 0.717) is 0 Å². The van der Waals surface area contributed by atoms with Crippen LogP contribution in [0.25, 0.3) is 0 Å². The van der Waals surface area contributed by atoms with Gasteiger partial charge in [0.2, 0.25) is 0 Å². The second-order valence-corrected chi connectivity index (χ2v) is 14.7. The molecule has 0 saturated carbocycles. The molecule has 0 saturated heterocycles. The molecule has 0 bridgehead atoms. The summed E-state index contributed by atoms with van der Waals surface area (Å²) >= 11 is 0. The molecule has 136 valence electrons. The van der Waals surface area contributed by atoms with Gasteiger partial charge in [-0.2, -0.15) is 0 Å². The van der Waals surface area contributed by atoms with Crippen LogP contribution >= 0.6 is 7.26 Å². The van der Waals surface area contributed by atoms with E-state index in [2.05, 4.69) is 20.8 Å². The molecule has 0 aromatic heterocycles. The Hall–Kier alpha value is 0.527. The molecule has 0 N–H and O–H groups in total. The first-order valence-electron chi connectivity index (χ1n) is 9.23. The van der Waals surface area contributed by atoms with Crippen LogP contribution in [-0.4, -0.2) is 54.8 Å². The quantitative estimate of drug-likeness (QED) is 0.306. The SMILES string of the molecule is CCCC[PH](CCCC)(CCCC)CC[Si](OC)(OC)OC. The van der Waals surface area contributed by atoms with Crippen molar-refractivity contribution in [1.82, 2.24) is 0 Å². The summed E-state index contributed by atoms with van der Waals surface area (Å²) in [7, 11) is 1.60. The molecule has 22 heavy (non-hydrogen) atoms. The van der Waals surface area contributed by atoms with E-state index < -0.39 is 16.1 Å². The number of hydrogen-bond acceptors (Lipinski definition) is 3. The van der Waals surface area contributed by atoms with E-state index in [1.54, 1.807) is 21.3 Å². The van der Waals surface area contributed by atoms with Gasteiger partial charge in [0.25, 0.3) is 0 Å². The number of unbranched alkanes of at least 4 members (excludes halogenated alkanes) is 3. The van der Waals surface area contributed by atoms with Gasteiger partial charge >= 0.3 is 141 Å². The zero-order chi connectivity index (χ0) is 16.9. The molecule has 0 fully saturated rings.